The van der Waals surface area contributed by atoms with Gasteiger partial charge in [-0.25, -0.2) is 4.98 Å². The first-order valence-corrected chi connectivity index (χ1v) is 8.71. The Morgan fingerprint density at radius 2 is 2.14 bits per heavy atom. The second-order valence-corrected chi connectivity index (χ2v) is 6.78. The second-order valence-electron chi connectivity index (χ2n) is 4.08. The molecule has 0 aliphatic carbocycles. The number of pyridine rings is 1. The fourth-order valence-electron chi connectivity index (χ4n) is 1.43. The van der Waals surface area contributed by atoms with E-state index >= 15 is 0 Å². The summed E-state index contributed by atoms with van der Waals surface area (Å²) in [7, 11) is 3.02. The number of hydrogen-bond acceptors (Lipinski definition) is 5. The molecule has 21 heavy (non-hydrogen) atoms. The molecule has 1 aromatic rings. The molecule has 0 saturated carbocycles. The van der Waals surface area contributed by atoms with Crippen molar-refractivity contribution in [3.05, 3.63) is 29.1 Å². The van der Waals surface area contributed by atoms with Crippen LogP contribution in [0.3, 0.4) is 0 Å². The Morgan fingerprint density at radius 1 is 1.43 bits per heavy atom. The molecule has 1 amide bonds. The topological polar surface area (TPSA) is 79.3 Å². The number of aryl methyl sites for hydroxylation is 1. The summed E-state index contributed by atoms with van der Waals surface area (Å²) in [5.41, 5.74) is 1.76. The summed E-state index contributed by atoms with van der Waals surface area (Å²) in [6.07, 6.45) is 6.92. The van der Waals surface area contributed by atoms with Gasteiger partial charge in [0, 0.05) is 29.8 Å². The standard InChI is InChI=1S/C14H16N2O3S2/c1-3-11-8-10(2)13(16-9-11)14(19)15-5-7-21-20-6-4-12(17)18/h1,8-9H,4-7H2,2H3,(H,15,19)(H,17,18). The van der Waals surface area contributed by atoms with Crippen LogP contribution in [0.4, 0.5) is 0 Å². The van der Waals surface area contributed by atoms with Gasteiger partial charge < -0.3 is 10.4 Å². The van der Waals surface area contributed by atoms with Crippen LogP contribution < -0.4 is 5.32 Å². The Morgan fingerprint density at radius 3 is 2.76 bits per heavy atom. The molecular weight excluding hydrogens is 308 g/mol. The lowest BCUT2D eigenvalue weighted by Gasteiger charge is -2.06. The molecule has 0 bridgehead atoms. The van der Waals surface area contributed by atoms with Gasteiger partial charge in [-0.3, -0.25) is 9.59 Å². The van der Waals surface area contributed by atoms with E-state index in [9.17, 15) is 9.59 Å². The van der Waals surface area contributed by atoms with Crippen LogP contribution in [0.2, 0.25) is 0 Å². The smallest absolute Gasteiger partial charge is 0.304 e. The molecule has 2 N–H and O–H groups in total. The SMILES string of the molecule is C#Cc1cnc(C(=O)NCCSSCCC(=O)O)c(C)c1. The summed E-state index contributed by atoms with van der Waals surface area (Å²) in [5.74, 6) is 2.71. The van der Waals surface area contributed by atoms with Crippen LogP contribution in [0, 0.1) is 19.3 Å². The Bertz CT molecular complexity index is 556. The molecule has 0 fully saturated rings. The molecule has 0 radical (unpaired) electrons. The number of nitrogens with zero attached hydrogens (tertiary/aromatic N) is 1. The molecule has 0 aliphatic rings. The largest absolute Gasteiger partial charge is 0.481 e. The van der Waals surface area contributed by atoms with Crippen molar-refractivity contribution in [1.82, 2.24) is 10.3 Å². The van der Waals surface area contributed by atoms with Gasteiger partial charge in [0.25, 0.3) is 5.91 Å². The lowest BCUT2D eigenvalue weighted by molar-refractivity contribution is -0.136. The summed E-state index contributed by atoms with van der Waals surface area (Å²) in [5, 5.41) is 11.3. The predicted octanol–water partition coefficient (Wildman–Crippen LogP) is 1.96. The number of aliphatic carboxylic acids is 1. The van der Waals surface area contributed by atoms with E-state index in [1.54, 1.807) is 13.0 Å². The summed E-state index contributed by atoms with van der Waals surface area (Å²) in [6.45, 7) is 2.29. The van der Waals surface area contributed by atoms with Crippen molar-refractivity contribution in [1.29, 1.82) is 0 Å². The van der Waals surface area contributed by atoms with Crippen molar-refractivity contribution in [2.45, 2.75) is 13.3 Å². The zero-order valence-electron chi connectivity index (χ0n) is 11.6. The van der Waals surface area contributed by atoms with Gasteiger partial charge in [-0.2, -0.15) is 0 Å². The summed E-state index contributed by atoms with van der Waals surface area (Å²) < 4.78 is 0. The Labute approximate surface area is 131 Å². The molecule has 0 saturated heterocycles. The van der Waals surface area contributed by atoms with E-state index in [1.807, 2.05) is 0 Å². The van der Waals surface area contributed by atoms with E-state index in [2.05, 4.69) is 16.2 Å². The van der Waals surface area contributed by atoms with Crippen molar-refractivity contribution in [3.8, 4) is 12.3 Å². The maximum atomic E-state index is 11.9. The molecule has 0 atom stereocenters. The third-order valence-corrected chi connectivity index (χ3v) is 4.82. The van der Waals surface area contributed by atoms with Gasteiger partial charge >= 0.3 is 5.97 Å². The monoisotopic (exact) mass is 324 g/mol. The van der Waals surface area contributed by atoms with Crippen molar-refractivity contribution < 1.29 is 14.7 Å². The van der Waals surface area contributed by atoms with E-state index in [1.165, 1.54) is 27.8 Å². The lowest BCUT2D eigenvalue weighted by atomic mass is 10.1. The number of carboxylic acids is 1. The molecule has 1 rings (SSSR count). The minimum atomic E-state index is -0.798. The fraction of sp³-hybridized carbons (Fsp3) is 0.357. The zero-order valence-corrected chi connectivity index (χ0v) is 13.2. The minimum absolute atomic E-state index is 0.147. The second kappa shape index (κ2) is 9.32. The van der Waals surface area contributed by atoms with Gasteiger partial charge in [0.05, 0.1) is 6.42 Å². The Kier molecular flexibility index (Phi) is 7.72. The number of aromatic nitrogens is 1. The van der Waals surface area contributed by atoms with E-state index in [0.717, 1.165) is 5.56 Å². The first-order valence-electron chi connectivity index (χ1n) is 6.22. The van der Waals surface area contributed by atoms with Gasteiger partial charge in [0.1, 0.15) is 5.69 Å². The highest BCUT2D eigenvalue weighted by Crippen LogP contribution is 2.21. The zero-order chi connectivity index (χ0) is 15.7. The summed E-state index contributed by atoms with van der Waals surface area (Å²) >= 11 is 0. The maximum absolute atomic E-state index is 11.9. The molecule has 0 aliphatic heterocycles. The fourth-order valence-corrected chi connectivity index (χ4v) is 3.31. The highest BCUT2D eigenvalue weighted by atomic mass is 33.1. The number of carbonyl (C=O) groups excluding carboxylic acids is 1. The number of hydrogen-bond donors (Lipinski definition) is 2. The molecule has 0 aromatic carbocycles. The first kappa shape index (κ1) is 17.4. The molecule has 0 unspecified atom stereocenters. The van der Waals surface area contributed by atoms with Crippen molar-refractivity contribution in [2.24, 2.45) is 0 Å². The van der Waals surface area contributed by atoms with E-state index < -0.39 is 5.97 Å². The summed E-state index contributed by atoms with van der Waals surface area (Å²) in [6, 6.07) is 1.75. The van der Waals surface area contributed by atoms with Crippen molar-refractivity contribution in [2.75, 3.05) is 18.1 Å². The predicted molar refractivity (Wildman–Crippen MR) is 86.4 cm³/mol. The van der Waals surface area contributed by atoms with Crippen LogP contribution >= 0.6 is 21.6 Å². The maximum Gasteiger partial charge on any atom is 0.304 e. The number of terminal acetylenes is 1. The number of carboxylic acid groups (broad SMARTS) is 1. The van der Waals surface area contributed by atoms with Crippen LogP contribution in [0.1, 0.15) is 28.0 Å². The highest BCUT2D eigenvalue weighted by Gasteiger charge is 2.10. The highest BCUT2D eigenvalue weighted by molar-refractivity contribution is 8.76. The lowest BCUT2D eigenvalue weighted by Crippen LogP contribution is -2.27. The molecule has 0 spiro atoms. The van der Waals surface area contributed by atoms with E-state index in [4.69, 9.17) is 11.5 Å². The van der Waals surface area contributed by atoms with Crippen LogP contribution in [0.25, 0.3) is 0 Å². The Hall–Kier alpha value is -1.65. The van der Waals surface area contributed by atoms with Crippen LogP contribution in [0.5, 0.6) is 0 Å². The quantitative estimate of drug-likeness (QED) is 0.432. The van der Waals surface area contributed by atoms with Crippen LogP contribution in [0.15, 0.2) is 12.3 Å². The van der Waals surface area contributed by atoms with Gasteiger partial charge in [-0.1, -0.05) is 27.5 Å². The third-order valence-electron chi connectivity index (χ3n) is 2.41. The number of rotatable bonds is 8. The van der Waals surface area contributed by atoms with Crippen LogP contribution in [-0.4, -0.2) is 40.0 Å². The van der Waals surface area contributed by atoms with Crippen molar-refractivity contribution >= 4 is 33.5 Å². The normalized spacial score (nSPS) is 9.90. The average molecular weight is 324 g/mol. The Balaban J connectivity index is 2.28. The molecule has 1 heterocycles. The molecule has 1 aromatic heterocycles. The van der Waals surface area contributed by atoms with Gasteiger partial charge in [-0.05, 0) is 18.6 Å². The minimum Gasteiger partial charge on any atom is -0.481 e. The number of amides is 1. The number of carbonyl (C=O) groups is 2. The molecule has 7 heteroatoms. The van der Waals surface area contributed by atoms with Crippen LogP contribution in [-0.2, 0) is 4.79 Å². The first-order chi connectivity index (χ1) is 10.0. The summed E-state index contributed by atoms with van der Waals surface area (Å²) in [4.78, 5) is 26.3. The van der Waals surface area contributed by atoms with Gasteiger partial charge in [0.15, 0.2) is 0 Å². The van der Waals surface area contributed by atoms with E-state index in [-0.39, 0.29) is 12.3 Å². The number of nitrogens with one attached hydrogen (secondary N) is 1. The molecule has 112 valence electrons. The molecule has 5 nitrogen and oxygen atoms in total. The van der Waals surface area contributed by atoms with Crippen molar-refractivity contribution in [3.63, 3.8) is 0 Å². The van der Waals surface area contributed by atoms with Gasteiger partial charge in [0.2, 0.25) is 0 Å². The van der Waals surface area contributed by atoms with Gasteiger partial charge in [-0.15, -0.1) is 6.42 Å². The third kappa shape index (κ3) is 6.56. The van der Waals surface area contributed by atoms with E-state index in [0.29, 0.717) is 29.3 Å². The molecular formula is C14H16N2O3S2. The average Bonchev–Trinajstić information content (AvgIpc) is 2.45.